The Morgan fingerprint density at radius 2 is 1.18 bits per heavy atom. The lowest BCUT2D eigenvalue weighted by atomic mass is 10.0. The summed E-state index contributed by atoms with van der Waals surface area (Å²) in [4.78, 5) is 73.5. The van der Waals surface area contributed by atoms with Gasteiger partial charge >= 0.3 is 11.9 Å². The van der Waals surface area contributed by atoms with Crippen molar-refractivity contribution in [2.75, 3.05) is 43.1 Å². The number of carboxylic acid groups (broad SMARTS) is 2. The first kappa shape index (κ1) is 50.1. The smallest absolute Gasteiger partial charge is 0.337 e. The molecular weight excluding hydrogens is 901 g/mol. The number of benzene rings is 3. The Hall–Kier alpha value is -8.80. The number of rotatable bonds is 9. The number of morpholine rings is 1. The Morgan fingerprint density at radius 3 is 1.72 bits per heavy atom. The summed E-state index contributed by atoms with van der Waals surface area (Å²) >= 11 is 0. The maximum absolute atomic E-state index is 13.1. The van der Waals surface area contributed by atoms with Crippen LogP contribution in [-0.2, 0) is 24.1 Å². The second-order valence-electron chi connectivity index (χ2n) is 16.6. The molecule has 4 aromatic heterocycles. The van der Waals surface area contributed by atoms with Gasteiger partial charge in [0.05, 0.1) is 69.8 Å². The highest BCUT2D eigenvalue weighted by molar-refractivity contribution is 6.13. The summed E-state index contributed by atoms with van der Waals surface area (Å²) < 4.78 is 5.41. The number of nitrogens with two attached hydrogens (primary N) is 2. The molecule has 71 heavy (non-hydrogen) atoms. The SMILES string of the molecule is Cc1cc(C2=Nc3c(cccc3C(=O)Nc3cccc(CN4CCOCC4)n3)C2)ccn1.Cc1cc(C2=Nc3c(cccc3C(=O)O)C2)ccn1.Cc1cc(C=O)ccn1.Nc1cccc(C(=O)O)c1N. The number of nitrogens with one attached hydrogen (secondary N) is 1. The number of ether oxygens (including phenoxy) is 1. The molecule has 3 aliphatic rings. The zero-order valence-corrected chi connectivity index (χ0v) is 39.4. The summed E-state index contributed by atoms with van der Waals surface area (Å²) in [5.74, 6) is -1.65. The molecule has 7 aromatic rings. The van der Waals surface area contributed by atoms with E-state index in [-0.39, 0.29) is 22.7 Å². The lowest BCUT2D eigenvalue weighted by Crippen LogP contribution is -2.35. The number of hydrogen-bond acceptors (Lipinski definition) is 14. The van der Waals surface area contributed by atoms with Crippen LogP contribution in [0.3, 0.4) is 0 Å². The molecule has 17 heteroatoms. The first-order chi connectivity index (χ1) is 34.3. The number of hydrogen-bond donors (Lipinski definition) is 5. The van der Waals surface area contributed by atoms with E-state index in [1.165, 1.54) is 6.07 Å². The van der Waals surface area contributed by atoms with Crippen molar-refractivity contribution >= 4 is 64.1 Å². The van der Waals surface area contributed by atoms with Crippen LogP contribution < -0.4 is 16.8 Å². The van der Waals surface area contributed by atoms with Crippen LogP contribution in [0.4, 0.5) is 28.6 Å². The monoisotopic (exact) mass is 952 g/mol. The molecule has 0 unspecified atom stereocenters. The van der Waals surface area contributed by atoms with E-state index in [1.807, 2.05) is 87.5 Å². The molecule has 1 fully saturated rings. The third-order valence-corrected chi connectivity index (χ3v) is 11.3. The number of pyridine rings is 4. The van der Waals surface area contributed by atoms with E-state index in [0.29, 0.717) is 41.2 Å². The van der Waals surface area contributed by atoms with Crippen LogP contribution in [0.25, 0.3) is 0 Å². The Morgan fingerprint density at radius 1 is 0.662 bits per heavy atom. The van der Waals surface area contributed by atoms with Gasteiger partial charge in [-0.3, -0.25) is 39.4 Å². The Labute approximate surface area is 410 Å². The van der Waals surface area contributed by atoms with Crippen LogP contribution in [0.5, 0.6) is 0 Å². The second-order valence-corrected chi connectivity index (χ2v) is 16.6. The van der Waals surface area contributed by atoms with E-state index < -0.39 is 11.9 Å². The van der Waals surface area contributed by atoms with Crippen LogP contribution in [-0.4, -0.2) is 96.9 Å². The van der Waals surface area contributed by atoms with E-state index >= 15 is 0 Å². The van der Waals surface area contributed by atoms with Crippen molar-refractivity contribution in [3.8, 4) is 0 Å². The van der Waals surface area contributed by atoms with Gasteiger partial charge in [-0.25, -0.2) is 14.6 Å². The molecule has 17 nitrogen and oxygen atoms in total. The predicted molar refractivity (Wildman–Crippen MR) is 272 cm³/mol. The van der Waals surface area contributed by atoms with Crippen LogP contribution >= 0.6 is 0 Å². The third-order valence-electron chi connectivity index (χ3n) is 11.3. The van der Waals surface area contributed by atoms with Crippen molar-refractivity contribution in [1.82, 2.24) is 24.8 Å². The lowest BCUT2D eigenvalue weighted by molar-refractivity contribution is 0.0336. The normalized spacial score (nSPS) is 13.2. The molecule has 0 saturated carbocycles. The molecule has 10 rings (SSSR count). The number of para-hydroxylation sites is 3. The molecule has 3 aliphatic heterocycles. The molecule has 360 valence electrons. The molecular formula is C54H52N10O7. The van der Waals surface area contributed by atoms with Gasteiger partial charge in [-0.05, 0) is 116 Å². The molecule has 0 atom stereocenters. The third kappa shape index (κ3) is 13.3. The van der Waals surface area contributed by atoms with Crippen molar-refractivity contribution < 1.29 is 34.1 Å². The van der Waals surface area contributed by atoms with Crippen molar-refractivity contribution in [1.29, 1.82) is 0 Å². The number of fused-ring (bicyclic) bond motifs is 2. The van der Waals surface area contributed by atoms with E-state index in [4.69, 9.17) is 26.3 Å². The number of aldehydes is 1. The average Bonchev–Trinajstić information content (AvgIpc) is 4.02. The summed E-state index contributed by atoms with van der Waals surface area (Å²) in [6.07, 6.45) is 7.34. The summed E-state index contributed by atoms with van der Waals surface area (Å²) in [5, 5.41) is 20.7. The number of amides is 1. The Bertz CT molecular complexity index is 3170. The molecule has 0 bridgehead atoms. The zero-order valence-electron chi connectivity index (χ0n) is 39.4. The van der Waals surface area contributed by atoms with E-state index in [1.54, 1.807) is 55.0 Å². The molecule has 1 saturated heterocycles. The molecule has 0 aliphatic carbocycles. The fourth-order valence-electron chi connectivity index (χ4n) is 7.80. The molecule has 7 heterocycles. The van der Waals surface area contributed by atoms with Gasteiger partial charge in [0.15, 0.2) is 0 Å². The number of aryl methyl sites for hydroxylation is 3. The zero-order chi connectivity index (χ0) is 50.4. The van der Waals surface area contributed by atoms with Gasteiger partial charge in [-0.2, -0.15) is 0 Å². The van der Waals surface area contributed by atoms with Crippen LogP contribution in [0.15, 0.2) is 138 Å². The van der Waals surface area contributed by atoms with E-state index in [9.17, 15) is 24.3 Å². The molecule has 7 N–H and O–H groups in total. The first-order valence-electron chi connectivity index (χ1n) is 22.6. The minimum absolute atomic E-state index is 0.0463. The van der Waals surface area contributed by atoms with Gasteiger partial charge in [0.25, 0.3) is 5.91 Å². The summed E-state index contributed by atoms with van der Waals surface area (Å²) in [6, 6.07) is 32.5. The van der Waals surface area contributed by atoms with Crippen molar-refractivity contribution in [3.05, 3.63) is 195 Å². The van der Waals surface area contributed by atoms with Gasteiger partial charge in [-0.15, -0.1) is 0 Å². The Kier molecular flexibility index (Phi) is 16.6. The number of nitrogens with zero attached hydrogens (tertiary/aromatic N) is 7. The quantitative estimate of drug-likeness (QED) is 0.0677. The molecule has 0 spiro atoms. The molecule has 3 aromatic carbocycles. The lowest BCUT2D eigenvalue weighted by Gasteiger charge is -2.26. The van der Waals surface area contributed by atoms with Crippen LogP contribution in [0.1, 0.15) is 86.5 Å². The average molecular weight is 953 g/mol. The van der Waals surface area contributed by atoms with Crippen LogP contribution in [0.2, 0.25) is 0 Å². The largest absolute Gasteiger partial charge is 0.478 e. The van der Waals surface area contributed by atoms with Crippen molar-refractivity contribution in [2.24, 2.45) is 9.98 Å². The maximum Gasteiger partial charge on any atom is 0.337 e. The predicted octanol–water partition coefficient (Wildman–Crippen LogP) is 8.06. The summed E-state index contributed by atoms with van der Waals surface area (Å²) in [7, 11) is 0. The number of nitrogen functional groups attached to an aromatic ring is 2. The topological polar surface area (TPSA) is 262 Å². The number of aromatic nitrogens is 4. The second kappa shape index (κ2) is 23.5. The number of carboxylic acids is 2. The highest BCUT2D eigenvalue weighted by Crippen LogP contribution is 2.34. The fraction of sp³-hybridized carbons (Fsp3) is 0.185. The number of carbonyl (C=O) groups excluding carboxylic acids is 2. The summed E-state index contributed by atoms with van der Waals surface area (Å²) in [5.41, 5.74) is 23.6. The fourth-order valence-corrected chi connectivity index (χ4v) is 7.80. The highest BCUT2D eigenvalue weighted by atomic mass is 16.5. The van der Waals surface area contributed by atoms with Gasteiger partial charge in [0.1, 0.15) is 12.1 Å². The maximum atomic E-state index is 13.1. The number of aromatic carboxylic acids is 2. The van der Waals surface area contributed by atoms with Gasteiger partial charge in [0, 0.05) is 73.7 Å². The molecule has 1 amide bonds. The van der Waals surface area contributed by atoms with Gasteiger partial charge in [0.2, 0.25) is 0 Å². The standard InChI is InChI=1S/C25H25N5O2.C15H12N2O2.C7H8N2O2.C7H7NO/c1-17-14-18(8-9-26-17)22-15-19-4-2-6-21(24(19)28-22)25(31)29-23-7-3-5-20(27-23)16-30-10-12-32-13-11-30;1-9-7-10(5-6-16-9)13-8-11-3-2-4-12(15(18)19)14(11)17-13;8-5-3-1-2-4(6(5)9)7(10)11;1-6-4-7(5-9)2-3-8-6/h2-9,14H,10-13,15-16H2,1H3,(H,27,29,31);2-7H,8H2,1H3,(H,18,19);1-3H,8-9H2,(H,10,11);2-5H,1H3. The highest BCUT2D eigenvalue weighted by Gasteiger charge is 2.24. The van der Waals surface area contributed by atoms with Crippen LogP contribution in [0, 0.1) is 20.8 Å². The first-order valence-corrected chi connectivity index (χ1v) is 22.6. The minimum Gasteiger partial charge on any atom is -0.478 e. The number of carbonyl (C=O) groups is 4. The van der Waals surface area contributed by atoms with Crippen molar-refractivity contribution in [2.45, 2.75) is 40.2 Å². The van der Waals surface area contributed by atoms with E-state index in [0.717, 1.165) is 101 Å². The van der Waals surface area contributed by atoms with E-state index in [2.05, 4.69) is 35.1 Å². The van der Waals surface area contributed by atoms with Gasteiger partial charge < -0.3 is 31.7 Å². The Balaban J connectivity index is 0.000000159. The summed E-state index contributed by atoms with van der Waals surface area (Å²) in [6.45, 7) is 9.77. The minimum atomic E-state index is -1.06. The number of anilines is 3. The van der Waals surface area contributed by atoms with Crippen molar-refractivity contribution in [3.63, 3.8) is 0 Å². The molecule has 0 radical (unpaired) electrons. The number of aliphatic imine (C=N–C) groups is 2. The van der Waals surface area contributed by atoms with Gasteiger partial charge in [-0.1, -0.05) is 36.4 Å².